The summed E-state index contributed by atoms with van der Waals surface area (Å²) in [5, 5.41) is 0. The van der Waals surface area contributed by atoms with Gasteiger partial charge in [0.2, 0.25) is 0 Å². The molecule has 0 unspecified atom stereocenters. The number of carbonyl (C=O) groups excluding carboxylic acids is 1. The van der Waals surface area contributed by atoms with Gasteiger partial charge in [0.25, 0.3) is 0 Å². The second-order valence-electron chi connectivity index (χ2n) is 6.54. The van der Waals surface area contributed by atoms with Gasteiger partial charge in [-0.05, 0) is 38.7 Å². The lowest BCUT2D eigenvalue weighted by molar-refractivity contribution is -0.138. The molecule has 0 radical (unpaired) electrons. The highest BCUT2D eigenvalue weighted by Gasteiger charge is 2.20. The minimum atomic E-state index is -1.30. The van der Waals surface area contributed by atoms with Crippen molar-refractivity contribution in [1.82, 2.24) is 0 Å². The van der Waals surface area contributed by atoms with Crippen LogP contribution in [0.4, 0.5) is 0 Å². The summed E-state index contributed by atoms with van der Waals surface area (Å²) >= 11 is 0. The first kappa shape index (κ1) is 16.2. The minimum absolute atomic E-state index is 0.127. The van der Waals surface area contributed by atoms with Gasteiger partial charge in [-0.25, -0.2) is 4.79 Å². The molecule has 3 heteroatoms. The molecule has 0 amide bonds. The molecule has 0 atom stereocenters. The maximum Gasteiger partial charge on any atom is 0.333 e. The predicted octanol–water partition coefficient (Wildman–Crippen LogP) is 4.70. The number of esters is 1. The fourth-order valence-corrected chi connectivity index (χ4v) is 3.79. The lowest BCUT2D eigenvalue weighted by atomic mass is 9.94. The van der Waals surface area contributed by atoms with Crippen molar-refractivity contribution in [3.05, 3.63) is 23.3 Å². The molecule has 0 bridgehead atoms. The van der Waals surface area contributed by atoms with E-state index in [0.29, 0.717) is 6.61 Å². The maximum atomic E-state index is 12.0. The van der Waals surface area contributed by atoms with Gasteiger partial charge in [0, 0.05) is 13.6 Å². The molecule has 2 nitrogen and oxygen atoms in total. The lowest BCUT2D eigenvalue weighted by Gasteiger charge is -2.17. The van der Waals surface area contributed by atoms with Gasteiger partial charge in [0.05, 0.1) is 6.61 Å². The number of hydrogen-bond donors (Lipinski definition) is 0. The molecule has 108 valence electrons. The summed E-state index contributed by atoms with van der Waals surface area (Å²) in [5.74, 6) is -0.127. The Morgan fingerprint density at radius 1 is 1.21 bits per heavy atom. The lowest BCUT2D eigenvalue weighted by Crippen LogP contribution is -2.23. The van der Waals surface area contributed by atoms with E-state index < -0.39 is 8.07 Å². The van der Waals surface area contributed by atoms with Crippen LogP contribution in [0.3, 0.4) is 0 Å². The largest absolute Gasteiger partial charge is 0.463 e. The minimum Gasteiger partial charge on any atom is -0.463 e. The van der Waals surface area contributed by atoms with Gasteiger partial charge in [0.15, 0.2) is 0 Å². The zero-order valence-electron chi connectivity index (χ0n) is 12.9. The van der Waals surface area contributed by atoms with E-state index in [-0.39, 0.29) is 5.97 Å². The van der Waals surface area contributed by atoms with Gasteiger partial charge < -0.3 is 4.74 Å². The number of carbonyl (C=O) groups is 1. The van der Waals surface area contributed by atoms with E-state index in [9.17, 15) is 4.79 Å². The Balaban J connectivity index is 2.79. The van der Waals surface area contributed by atoms with Gasteiger partial charge in [-0.3, -0.25) is 0 Å². The molecule has 0 spiro atoms. The van der Waals surface area contributed by atoms with E-state index in [1.54, 1.807) is 0 Å². The van der Waals surface area contributed by atoms with Crippen molar-refractivity contribution in [2.45, 2.75) is 64.7 Å². The smallest absolute Gasteiger partial charge is 0.333 e. The zero-order chi connectivity index (χ0) is 14.3. The van der Waals surface area contributed by atoms with Crippen LogP contribution < -0.4 is 0 Å². The molecule has 19 heavy (non-hydrogen) atoms. The first-order valence-electron chi connectivity index (χ1n) is 7.48. The van der Waals surface area contributed by atoms with Crippen molar-refractivity contribution in [3.8, 4) is 0 Å². The Labute approximate surface area is 118 Å². The highest BCUT2D eigenvalue weighted by atomic mass is 28.3. The number of allylic oxidation sites excluding steroid dienone is 3. The Morgan fingerprint density at radius 2 is 1.84 bits per heavy atom. The number of rotatable bonds is 5. The molecule has 0 saturated heterocycles. The molecule has 0 aromatic carbocycles. The summed E-state index contributed by atoms with van der Waals surface area (Å²) in [6.45, 7) is 9.18. The molecule has 0 aliphatic heterocycles. The van der Waals surface area contributed by atoms with Crippen molar-refractivity contribution >= 4 is 14.0 Å². The first-order valence-corrected chi connectivity index (χ1v) is 11.2. The third kappa shape index (κ3) is 6.76. The topological polar surface area (TPSA) is 26.3 Å². The van der Waals surface area contributed by atoms with E-state index in [2.05, 4.69) is 25.7 Å². The highest BCUT2D eigenvalue weighted by molar-refractivity contribution is 6.77. The van der Waals surface area contributed by atoms with E-state index in [4.69, 9.17) is 4.74 Å². The Kier molecular flexibility index (Phi) is 6.56. The average Bonchev–Trinajstić information content (AvgIpc) is 2.34. The summed E-state index contributed by atoms with van der Waals surface area (Å²) in [6.07, 6.45) is 10.5. The van der Waals surface area contributed by atoms with Crippen LogP contribution in [0, 0.1) is 0 Å². The normalized spacial score (nSPS) is 17.3. The second-order valence-corrected chi connectivity index (χ2v) is 12.0. The van der Waals surface area contributed by atoms with Gasteiger partial charge in [-0.2, -0.15) is 0 Å². The number of hydrogen-bond acceptors (Lipinski definition) is 2. The molecule has 1 rings (SSSR count). The van der Waals surface area contributed by atoms with E-state index >= 15 is 0 Å². The summed E-state index contributed by atoms with van der Waals surface area (Å²) in [7, 11) is -1.30. The molecule has 0 aromatic rings. The third-order valence-electron chi connectivity index (χ3n) is 3.27. The monoisotopic (exact) mass is 280 g/mol. The highest BCUT2D eigenvalue weighted by Crippen LogP contribution is 2.24. The quantitative estimate of drug-likeness (QED) is 0.414. The van der Waals surface area contributed by atoms with Crippen LogP contribution in [0.15, 0.2) is 23.3 Å². The van der Waals surface area contributed by atoms with Gasteiger partial charge in [-0.15, -0.1) is 0 Å². The van der Waals surface area contributed by atoms with Gasteiger partial charge >= 0.3 is 5.97 Å². The summed E-state index contributed by atoms with van der Waals surface area (Å²) in [5.41, 5.74) is 2.35. The van der Waals surface area contributed by atoms with Crippen LogP contribution in [-0.2, 0) is 9.53 Å². The van der Waals surface area contributed by atoms with Crippen LogP contribution in [0.2, 0.25) is 25.7 Å². The molecule has 1 saturated carbocycles. The van der Waals surface area contributed by atoms with Crippen LogP contribution in [-0.4, -0.2) is 20.7 Å². The molecule has 0 N–H and O–H groups in total. The van der Waals surface area contributed by atoms with Crippen molar-refractivity contribution in [2.24, 2.45) is 0 Å². The van der Waals surface area contributed by atoms with E-state index in [0.717, 1.165) is 11.6 Å². The number of ether oxygens (including phenoxy) is 1. The van der Waals surface area contributed by atoms with Crippen LogP contribution in [0.5, 0.6) is 0 Å². The molecular formula is C16H28O2Si. The Bertz CT molecular complexity index is 353. The molecular weight excluding hydrogens is 252 g/mol. The van der Waals surface area contributed by atoms with Crippen molar-refractivity contribution in [3.63, 3.8) is 0 Å². The molecule has 0 heterocycles. The molecule has 0 aromatic heterocycles. The zero-order valence-corrected chi connectivity index (χ0v) is 13.9. The van der Waals surface area contributed by atoms with Crippen molar-refractivity contribution in [2.75, 3.05) is 6.61 Å². The average molecular weight is 280 g/mol. The predicted molar refractivity (Wildman–Crippen MR) is 84.0 cm³/mol. The molecule has 1 aliphatic rings. The molecule has 1 fully saturated rings. The fraction of sp³-hybridized carbons (Fsp3) is 0.688. The summed E-state index contributed by atoms with van der Waals surface area (Å²) in [6, 6.07) is 0.898. The van der Waals surface area contributed by atoms with Crippen molar-refractivity contribution in [1.29, 1.82) is 0 Å². The summed E-state index contributed by atoms with van der Waals surface area (Å²) in [4.78, 5) is 12.0. The third-order valence-corrected chi connectivity index (χ3v) is 4.72. The van der Waals surface area contributed by atoms with Gasteiger partial charge in [0.1, 0.15) is 0 Å². The molecule has 1 aliphatic carbocycles. The second kappa shape index (κ2) is 7.68. The standard InChI is InChI=1S/C16H28O2Si/c1-5-18-16(17)15(13-19(2,3)4)12-11-14-9-7-6-8-10-14/h11-12H,5-10,13H2,1-4H3/b15-12+. The van der Waals surface area contributed by atoms with Crippen LogP contribution in [0.25, 0.3) is 0 Å². The Morgan fingerprint density at radius 3 is 2.37 bits per heavy atom. The van der Waals surface area contributed by atoms with Crippen molar-refractivity contribution < 1.29 is 9.53 Å². The fourth-order valence-electron chi connectivity index (χ4n) is 2.39. The Hall–Kier alpha value is -0.833. The maximum absolute atomic E-state index is 12.0. The van der Waals surface area contributed by atoms with E-state index in [1.165, 1.54) is 37.7 Å². The van der Waals surface area contributed by atoms with Gasteiger partial charge in [-0.1, -0.05) is 43.8 Å². The van der Waals surface area contributed by atoms with Crippen LogP contribution in [0.1, 0.15) is 39.0 Å². The van der Waals surface area contributed by atoms with E-state index in [1.807, 2.05) is 13.0 Å². The first-order chi connectivity index (χ1) is 8.92. The van der Waals surface area contributed by atoms with Crippen LogP contribution >= 0.6 is 0 Å². The SMILES string of the molecule is CCOC(=O)/C(=C/C=C1CCCCC1)C[Si](C)(C)C. The summed E-state index contributed by atoms with van der Waals surface area (Å²) < 4.78 is 5.18.